The Labute approximate surface area is 183 Å². The van der Waals surface area contributed by atoms with Crippen molar-refractivity contribution in [2.24, 2.45) is 0 Å². The molecule has 1 aliphatic heterocycles. The molecule has 0 fully saturated rings. The minimum absolute atomic E-state index is 1.09. The van der Waals surface area contributed by atoms with Gasteiger partial charge in [0.25, 0.3) is 0 Å². The maximum Gasteiger partial charge on any atom is 0.123 e. The number of aromatic amines is 1. The van der Waals surface area contributed by atoms with Gasteiger partial charge in [0.15, 0.2) is 0 Å². The summed E-state index contributed by atoms with van der Waals surface area (Å²) in [5.41, 5.74) is 8.28. The minimum Gasteiger partial charge on any atom is -0.361 e. The molecule has 31 heavy (non-hydrogen) atoms. The lowest BCUT2D eigenvalue weighted by Gasteiger charge is -2.30. The highest BCUT2D eigenvalue weighted by Crippen LogP contribution is 2.24. The third-order valence-electron chi connectivity index (χ3n) is 6.44. The lowest BCUT2D eigenvalue weighted by atomic mass is 9.94. The number of hydrogen-bond acceptors (Lipinski definition) is 3. The summed E-state index contributed by atoms with van der Waals surface area (Å²) < 4.78 is 1.95. The SMILES string of the molecule is CC1=C(Cc2ccccc2)CCN(CCCc2c[nH]c3ccc(-n4cnnc4)cc23)C1. The first-order valence-corrected chi connectivity index (χ1v) is 11.1. The summed E-state index contributed by atoms with van der Waals surface area (Å²) in [5, 5.41) is 9.14. The second-order valence-electron chi connectivity index (χ2n) is 8.59. The molecule has 1 N–H and O–H groups in total. The van der Waals surface area contributed by atoms with Gasteiger partial charge in [0.2, 0.25) is 0 Å². The number of nitrogens with one attached hydrogen (secondary N) is 1. The zero-order valence-electron chi connectivity index (χ0n) is 18.1. The summed E-state index contributed by atoms with van der Waals surface area (Å²) in [5.74, 6) is 0. The zero-order chi connectivity index (χ0) is 21.0. The van der Waals surface area contributed by atoms with Gasteiger partial charge >= 0.3 is 0 Å². The van der Waals surface area contributed by atoms with E-state index in [9.17, 15) is 0 Å². The van der Waals surface area contributed by atoms with Crippen molar-refractivity contribution < 1.29 is 0 Å². The van der Waals surface area contributed by atoms with Gasteiger partial charge in [-0.25, -0.2) is 0 Å². The van der Waals surface area contributed by atoms with E-state index in [1.165, 1.54) is 41.4 Å². The molecule has 0 bridgehead atoms. The van der Waals surface area contributed by atoms with Crippen LogP contribution in [0, 0.1) is 0 Å². The molecule has 0 unspecified atom stereocenters. The first-order chi connectivity index (χ1) is 15.3. The number of hydrogen-bond donors (Lipinski definition) is 1. The monoisotopic (exact) mass is 411 g/mol. The maximum atomic E-state index is 3.92. The summed E-state index contributed by atoms with van der Waals surface area (Å²) in [6.07, 6.45) is 10.2. The van der Waals surface area contributed by atoms with Crippen LogP contribution in [0.2, 0.25) is 0 Å². The van der Waals surface area contributed by atoms with Crippen molar-refractivity contribution in [2.45, 2.75) is 32.6 Å². The second kappa shape index (κ2) is 8.90. The molecule has 1 aliphatic rings. The number of H-pyrrole nitrogens is 1. The molecule has 0 amide bonds. The first-order valence-electron chi connectivity index (χ1n) is 11.1. The van der Waals surface area contributed by atoms with Gasteiger partial charge in [-0.3, -0.25) is 9.47 Å². The second-order valence-corrected chi connectivity index (χ2v) is 8.59. The zero-order valence-corrected chi connectivity index (χ0v) is 18.1. The highest BCUT2D eigenvalue weighted by atomic mass is 15.2. The molecule has 0 saturated heterocycles. The summed E-state index contributed by atoms with van der Waals surface area (Å²) in [4.78, 5) is 6.04. The molecule has 2 aromatic carbocycles. The van der Waals surface area contributed by atoms with Crippen LogP contribution in [0.5, 0.6) is 0 Å². The molecule has 3 heterocycles. The number of aryl methyl sites for hydroxylation is 1. The van der Waals surface area contributed by atoms with Crippen LogP contribution in [-0.4, -0.2) is 44.3 Å². The van der Waals surface area contributed by atoms with Crippen molar-refractivity contribution in [1.29, 1.82) is 0 Å². The number of rotatable bonds is 7. The standard InChI is InChI=1S/C26H29N5/c1-20-17-30(13-11-22(20)14-21-6-3-2-4-7-21)12-5-8-23-16-27-26-10-9-24(15-25(23)26)31-18-28-29-19-31/h2-4,6-7,9-10,15-16,18-19,27H,5,8,11-14,17H2,1H3. The lowest BCUT2D eigenvalue weighted by molar-refractivity contribution is 0.280. The highest BCUT2D eigenvalue weighted by Gasteiger charge is 2.16. The normalized spacial score (nSPS) is 15.1. The van der Waals surface area contributed by atoms with Gasteiger partial charge in [-0.2, -0.15) is 0 Å². The average Bonchev–Trinajstić information content (AvgIpc) is 3.46. The van der Waals surface area contributed by atoms with Crippen LogP contribution in [0.4, 0.5) is 0 Å². The van der Waals surface area contributed by atoms with Crippen LogP contribution in [0.3, 0.4) is 0 Å². The fourth-order valence-electron chi connectivity index (χ4n) is 4.67. The molecule has 0 saturated carbocycles. The van der Waals surface area contributed by atoms with Crippen LogP contribution >= 0.6 is 0 Å². The summed E-state index contributed by atoms with van der Waals surface area (Å²) >= 11 is 0. The average molecular weight is 412 g/mol. The molecule has 4 aromatic rings. The first kappa shape index (κ1) is 19.8. The molecule has 5 nitrogen and oxygen atoms in total. The highest BCUT2D eigenvalue weighted by molar-refractivity contribution is 5.85. The number of nitrogens with zero attached hydrogens (tertiary/aromatic N) is 4. The van der Waals surface area contributed by atoms with Crippen molar-refractivity contribution in [1.82, 2.24) is 24.6 Å². The topological polar surface area (TPSA) is 49.7 Å². The van der Waals surface area contributed by atoms with Gasteiger partial charge in [-0.15, -0.1) is 10.2 Å². The molecule has 0 radical (unpaired) electrons. The van der Waals surface area contributed by atoms with E-state index in [2.05, 4.69) is 81.7 Å². The molecular formula is C26H29N5. The summed E-state index contributed by atoms with van der Waals surface area (Å²) in [6, 6.07) is 17.3. The van der Waals surface area contributed by atoms with Gasteiger partial charge in [0, 0.05) is 35.9 Å². The van der Waals surface area contributed by atoms with Crippen LogP contribution in [0.1, 0.15) is 30.9 Å². The Balaban J connectivity index is 1.19. The molecule has 0 atom stereocenters. The van der Waals surface area contributed by atoms with E-state index in [0.717, 1.165) is 31.6 Å². The fourth-order valence-corrected chi connectivity index (χ4v) is 4.67. The predicted octanol–water partition coefficient (Wildman–Crippen LogP) is 4.95. The van der Waals surface area contributed by atoms with Crippen LogP contribution in [-0.2, 0) is 12.8 Å². The Hall–Kier alpha value is -3.18. The van der Waals surface area contributed by atoms with E-state index >= 15 is 0 Å². The molecule has 0 aliphatic carbocycles. The van der Waals surface area contributed by atoms with E-state index in [4.69, 9.17) is 0 Å². The molecule has 158 valence electrons. The van der Waals surface area contributed by atoms with Crippen molar-refractivity contribution in [3.8, 4) is 5.69 Å². The van der Waals surface area contributed by atoms with Gasteiger partial charge < -0.3 is 4.98 Å². The fraction of sp³-hybridized carbons (Fsp3) is 0.308. The molecule has 5 heteroatoms. The Bertz CT molecular complexity index is 1170. The molecule has 5 rings (SSSR count). The molecule has 2 aromatic heterocycles. The summed E-state index contributed by atoms with van der Waals surface area (Å²) in [7, 11) is 0. The van der Waals surface area contributed by atoms with Gasteiger partial charge in [-0.1, -0.05) is 41.5 Å². The smallest absolute Gasteiger partial charge is 0.123 e. The minimum atomic E-state index is 1.09. The molecular weight excluding hydrogens is 382 g/mol. The van der Waals surface area contributed by atoms with Gasteiger partial charge in [0.05, 0.1) is 0 Å². The van der Waals surface area contributed by atoms with Crippen LogP contribution in [0.15, 0.2) is 78.5 Å². The van der Waals surface area contributed by atoms with E-state index in [1.54, 1.807) is 23.8 Å². The van der Waals surface area contributed by atoms with Crippen LogP contribution in [0.25, 0.3) is 16.6 Å². The lowest BCUT2D eigenvalue weighted by Crippen LogP contribution is -2.32. The van der Waals surface area contributed by atoms with Crippen molar-refractivity contribution in [3.63, 3.8) is 0 Å². The maximum absolute atomic E-state index is 3.92. The van der Waals surface area contributed by atoms with Crippen molar-refractivity contribution >= 4 is 10.9 Å². The quantitative estimate of drug-likeness (QED) is 0.438. The van der Waals surface area contributed by atoms with Crippen LogP contribution < -0.4 is 0 Å². The predicted molar refractivity (Wildman–Crippen MR) is 125 cm³/mol. The van der Waals surface area contributed by atoms with Gasteiger partial charge in [0.1, 0.15) is 12.7 Å². The Kier molecular flexibility index (Phi) is 5.67. The third kappa shape index (κ3) is 4.47. The van der Waals surface area contributed by atoms with E-state index in [1.807, 2.05) is 4.57 Å². The Morgan fingerprint density at radius 1 is 1.03 bits per heavy atom. The van der Waals surface area contributed by atoms with Gasteiger partial charge in [-0.05, 0) is 68.5 Å². The van der Waals surface area contributed by atoms with Crippen molar-refractivity contribution in [3.05, 3.63) is 89.7 Å². The third-order valence-corrected chi connectivity index (χ3v) is 6.44. The van der Waals surface area contributed by atoms with E-state index in [0.29, 0.717) is 0 Å². The van der Waals surface area contributed by atoms with E-state index < -0.39 is 0 Å². The Morgan fingerprint density at radius 3 is 2.68 bits per heavy atom. The summed E-state index contributed by atoms with van der Waals surface area (Å²) in [6.45, 7) is 5.74. The number of benzene rings is 2. The Morgan fingerprint density at radius 2 is 1.87 bits per heavy atom. The number of aromatic nitrogens is 4. The largest absolute Gasteiger partial charge is 0.361 e. The van der Waals surface area contributed by atoms with E-state index in [-0.39, 0.29) is 0 Å². The van der Waals surface area contributed by atoms with Crippen molar-refractivity contribution in [2.75, 3.05) is 19.6 Å². The molecule has 0 spiro atoms. The number of fused-ring (bicyclic) bond motifs is 1.